The van der Waals surface area contributed by atoms with Crippen LogP contribution in [-0.4, -0.2) is 54.7 Å². The standard InChI is InChI=1S/C25H23F4N3O2S.CH5N/c26-14-35-31-22-20(32(13-24(22)6-7-24)23(33)25(12-30)8-9-34-25)10-15-2-1-3-17(21(15)29)18-11-16(27)4-5-19(18)28;1-2/h1-5,11,20,22,31H,6-10,13-14H2;2H2,1H3. The monoisotopic (exact) mass is 536 g/mol. The molecule has 0 aromatic heterocycles. The first kappa shape index (κ1) is 27.4. The lowest BCUT2D eigenvalue weighted by Gasteiger charge is -2.39. The van der Waals surface area contributed by atoms with E-state index in [1.165, 1.54) is 19.2 Å². The van der Waals surface area contributed by atoms with Crippen LogP contribution in [0.25, 0.3) is 11.1 Å². The summed E-state index contributed by atoms with van der Waals surface area (Å²) in [5.74, 6) is -2.63. The Morgan fingerprint density at radius 3 is 2.54 bits per heavy atom. The lowest BCUT2D eigenvalue weighted by Crippen LogP contribution is -2.58. The highest BCUT2D eigenvalue weighted by Crippen LogP contribution is 2.56. The Balaban J connectivity index is 0.00000156. The van der Waals surface area contributed by atoms with Gasteiger partial charge in [0.2, 0.25) is 5.60 Å². The van der Waals surface area contributed by atoms with Crippen molar-refractivity contribution < 1.29 is 27.1 Å². The molecule has 198 valence electrons. The number of likely N-dealkylation sites (tertiary alicyclic amines) is 1. The van der Waals surface area contributed by atoms with Crippen LogP contribution >= 0.6 is 11.9 Å². The third-order valence-electron chi connectivity index (χ3n) is 7.40. The maximum atomic E-state index is 15.7. The topological polar surface area (TPSA) is 91.4 Å². The van der Waals surface area contributed by atoms with Crippen molar-refractivity contribution in [3.8, 4) is 17.2 Å². The predicted molar refractivity (Wildman–Crippen MR) is 132 cm³/mol. The van der Waals surface area contributed by atoms with Gasteiger partial charge in [-0.05, 0) is 62.0 Å². The average Bonchev–Trinajstić information content (AvgIpc) is 3.59. The van der Waals surface area contributed by atoms with Crippen molar-refractivity contribution in [3.63, 3.8) is 0 Å². The Morgan fingerprint density at radius 1 is 1.22 bits per heavy atom. The predicted octanol–water partition coefficient (Wildman–Crippen LogP) is 4.10. The molecule has 3 unspecified atom stereocenters. The Kier molecular flexibility index (Phi) is 8.14. The summed E-state index contributed by atoms with van der Waals surface area (Å²) in [5.41, 5.74) is 2.59. The van der Waals surface area contributed by atoms with Crippen molar-refractivity contribution >= 4 is 17.9 Å². The molecule has 1 spiro atoms. The highest BCUT2D eigenvalue weighted by atomic mass is 32.2. The van der Waals surface area contributed by atoms with Crippen molar-refractivity contribution in [1.29, 1.82) is 5.26 Å². The summed E-state index contributed by atoms with van der Waals surface area (Å²) >= 11 is 0.881. The van der Waals surface area contributed by atoms with Crippen LogP contribution < -0.4 is 10.5 Å². The van der Waals surface area contributed by atoms with Crippen molar-refractivity contribution in [2.24, 2.45) is 11.1 Å². The third kappa shape index (κ3) is 4.95. The number of hydrogen-bond acceptors (Lipinski definition) is 6. The number of ether oxygens (including phenoxy) is 1. The van der Waals surface area contributed by atoms with E-state index in [2.05, 4.69) is 10.5 Å². The number of rotatable bonds is 7. The maximum absolute atomic E-state index is 15.7. The molecule has 2 saturated heterocycles. The van der Waals surface area contributed by atoms with Crippen LogP contribution in [0, 0.1) is 34.2 Å². The second-order valence-electron chi connectivity index (χ2n) is 9.36. The molecule has 0 bridgehead atoms. The molecule has 0 radical (unpaired) electrons. The van der Waals surface area contributed by atoms with E-state index in [0.717, 1.165) is 43.0 Å². The number of alkyl halides is 1. The van der Waals surface area contributed by atoms with Crippen molar-refractivity contribution in [2.45, 2.75) is 43.4 Å². The number of halogens is 4. The molecule has 1 aliphatic carbocycles. The minimum atomic E-state index is -1.55. The van der Waals surface area contributed by atoms with E-state index < -0.39 is 41.0 Å². The van der Waals surface area contributed by atoms with E-state index in [4.69, 9.17) is 4.74 Å². The Morgan fingerprint density at radius 2 is 1.95 bits per heavy atom. The zero-order valence-electron chi connectivity index (χ0n) is 20.3. The molecule has 2 aliphatic heterocycles. The number of hydrogen-bond donors (Lipinski definition) is 2. The van der Waals surface area contributed by atoms with Crippen LogP contribution in [0.15, 0.2) is 36.4 Å². The summed E-state index contributed by atoms with van der Waals surface area (Å²) in [5, 5.41) is 9.63. The zero-order chi connectivity index (χ0) is 26.8. The number of nitrogens with one attached hydrogen (secondary N) is 1. The maximum Gasteiger partial charge on any atom is 0.270 e. The fourth-order valence-electron chi connectivity index (χ4n) is 5.27. The number of nitrogens with two attached hydrogens (primary N) is 1. The molecule has 3 atom stereocenters. The van der Waals surface area contributed by atoms with E-state index >= 15 is 4.39 Å². The first-order valence-corrected chi connectivity index (χ1v) is 12.9. The van der Waals surface area contributed by atoms with Gasteiger partial charge in [0, 0.05) is 35.5 Å². The molecule has 2 aromatic rings. The average molecular weight is 537 g/mol. The highest BCUT2D eigenvalue weighted by Gasteiger charge is 2.63. The van der Waals surface area contributed by atoms with E-state index in [1.807, 2.05) is 6.07 Å². The molecule has 2 aromatic carbocycles. The first-order chi connectivity index (χ1) is 17.8. The molecular formula is C26H28F4N4O2S. The molecule has 3 N–H and O–H groups in total. The lowest BCUT2D eigenvalue weighted by molar-refractivity contribution is -0.172. The van der Waals surface area contributed by atoms with Crippen LogP contribution in [0.4, 0.5) is 17.6 Å². The number of carbonyl (C=O) groups is 1. The Labute approximate surface area is 217 Å². The normalized spacial score (nSPS) is 25.2. The SMILES string of the molecule is CN.N#CC1(C(=O)N2CC3(CC3)C(NSCF)C2Cc2cccc(-c3cc(F)ccc3F)c2F)CCO1. The van der Waals surface area contributed by atoms with Gasteiger partial charge >= 0.3 is 0 Å². The number of amides is 1. The van der Waals surface area contributed by atoms with Crippen LogP contribution in [-0.2, 0) is 16.0 Å². The fraction of sp³-hybridized carbons (Fsp3) is 0.462. The summed E-state index contributed by atoms with van der Waals surface area (Å²) < 4.78 is 65.4. The van der Waals surface area contributed by atoms with Gasteiger partial charge in [0.05, 0.1) is 12.6 Å². The van der Waals surface area contributed by atoms with Gasteiger partial charge in [-0.25, -0.2) is 17.6 Å². The van der Waals surface area contributed by atoms with Crippen LogP contribution in [0.2, 0.25) is 0 Å². The number of carbonyl (C=O) groups excluding carboxylic acids is 1. The number of nitriles is 1. The zero-order valence-corrected chi connectivity index (χ0v) is 21.1. The van der Waals surface area contributed by atoms with Crippen molar-refractivity contribution in [3.05, 3.63) is 59.4 Å². The van der Waals surface area contributed by atoms with Gasteiger partial charge in [0.15, 0.2) is 0 Å². The van der Waals surface area contributed by atoms with E-state index in [1.54, 1.807) is 11.0 Å². The van der Waals surface area contributed by atoms with Gasteiger partial charge in [-0.3, -0.25) is 9.52 Å². The summed E-state index contributed by atoms with van der Waals surface area (Å²) in [6.45, 7) is 0.659. The highest BCUT2D eigenvalue weighted by molar-refractivity contribution is 7.97. The third-order valence-corrected chi connectivity index (χ3v) is 7.93. The van der Waals surface area contributed by atoms with Gasteiger partial charge in [-0.2, -0.15) is 5.26 Å². The van der Waals surface area contributed by atoms with Gasteiger partial charge in [-0.15, -0.1) is 0 Å². The Bertz CT molecular complexity index is 1200. The van der Waals surface area contributed by atoms with Gasteiger partial charge in [-0.1, -0.05) is 18.2 Å². The quantitative estimate of drug-likeness (QED) is 0.409. The number of nitrogens with zero attached hydrogens (tertiary/aromatic N) is 2. The van der Waals surface area contributed by atoms with Gasteiger partial charge in [0.25, 0.3) is 5.91 Å². The van der Waals surface area contributed by atoms with Crippen LogP contribution in [0.5, 0.6) is 0 Å². The minimum Gasteiger partial charge on any atom is -0.352 e. The molecule has 37 heavy (non-hydrogen) atoms. The fourth-order valence-corrected chi connectivity index (χ4v) is 5.91. The van der Waals surface area contributed by atoms with Gasteiger partial charge < -0.3 is 15.4 Å². The summed E-state index contributed by atoms with van der Waals surface area (Å²) in [6.07, 6.45) is 1.96. The summed E-state index contributed by atoms with van der Waals surface area (Å²) in [4.78, 5) is 15.0. The molecule has 2 heterocycles. The van der Waals surface area contributed by atoms with Crippen LogP contribution in [0.3, 0.4) is 0 Å². The first-order valence-electron chi connectivity index (χ1n) is 11.9. The molecule has 3 aliphatic rings. The van der Waals surface area contributed by atoms with E-state index in [9.17, 15) is 23.2 Å². The molecule has 3 fully saturated rings. The summed E-state index contributed by atoms with van der Waals surface area (Å²) in [7, 11) is 1.50. The smallest absolute Gasteiger partial charge is 0.270 e. The Hall–Kier alpha value is -2.65. The molecular weight excluding hydrogens is 508 g/mol. The van der Waals surface area contributed by atoms with Crippen molar-refractivity contribution in [2.75, 3.05) is 26.2 Å². The lowest BCUT2D eigenvalue weighted by atomic mass is 9.90. The van der Waals surface area contributed by atoms with Crippen LogP contribution in [0.1, 0.15) is 24.8 Å². The second-order valence-corrected chi connectivity index (χ2v) is 10.1. The summed E-state index contributed by atoms with van der Waals surface area (Å²) in [6, 6.07) is 7.70. The molecule has 1 amide bonds. The molecule has 1 saturated carbocycles. The largest absolute Gasteiger partial charge is 0.352 e. The molecule has 6 nitrogen and oxygen atoms in total. The minimum absolute atomic E-state index is 0.0517. The van der Waals surface area contributed by atoms with E-state index in [0.29, 0.717) is 13.2 Å². The van der Waals surface area contributed by atoms with Gasteiger partial charge in [0.1, 0.15) is 29.5 Å². The number of benzene rings is 2. The molecule has 5 rings (SSSR count). The molecule has 11 heteroatoms. The van der Waals surface area contributed by atoms with Crippen molar-refractivity contribution in [1.82, 2.24) is 9.62 Å². The van der Waals surface area contributed by atoms with E-state index in [-0.39, 0.29) is 41.0 Å². The second kappa shape index (κ2) is 11.0.